The lowest BCUT2D eigenvalue weighted by Crippen LogP contribution is -2.47. The fourth-order valence-corrected chi connectivity index (χ4v) is 1.55. The maximum Gasteiger partial charge on any atom is 0.323 e. The van der Waals surface area contributed by atoms with Gasteiger partial charge in [-0.2, -0.15) is 5.10 Å². The molecule has 1 heterocycles. The number of carboxylic acid groups (broad SMARTS) is 1. The second-order valence-electron chi connectivity index (χ2n) is 4.19. The molecule has 5 heteroatoms. The number of aliphatic carboxylic acids is 1. The highest BCUT2D eigenvalue weighted by atomic mass is 16.4. The van der Waals surface area contributed by atoms with Crippen molar-refractivity contribution in [2.45, 2.75) is 38.8 Å². The first kappa shape index (κ1) is 12.7. The number of aromatic nitrogens is 2. The molecule has 1 aromatic rings. The van der Waals surface area contributed by atoms with Crippen LogP contribution in [0.1, 0.15) is 25.5 Å². The van der Waals surface area contributed by atoms with Crippen molar-refractivity contribution in [2.24, 2.45) is 0 Å². The fraction of sp³-hybridized carbons (Fsp3) is 0.636. The lowest BCUT2D eigenvalue weighted by atomic mass is 9.96. The van der Waals surface area contributed by atoms with E-state index in [1.807, 2.05) is 17.7 Å². The molecule has 1 unspecified atom stereocenters. The molecule has 0 amide bonds. The number of nitrogens with zero attached hydrogens (tertiary/aromatic N) is 2. The third kappa shape index (κ3) is 2.82. The predicted molar refractivity (Wildman–Crippen MR) is 61.3 cm³/mol. The molecule has 0 saturated heterocycles. The highest BCUT2D eigenvalue weighted by molar-refractivity contribution is 5.78. The van der Waals surface area contributed by atoms with Crippen LogP contribution in [0, 0.1) is 6.92 Å². The van der Waals surface area contributed by atoms with Crippen LogP contribution in [0.5, 0.6) is 0 Å². The topological polar surface area (TPSA) is 67.2 Å². The Morgan fingerprint density at radius 2 is 2.38 bits per heavy atom. The van der Waals surface area contributed by atoms with Crippen LogP contribution in [-0.4, -0.2) is 33.4 Å². The summed E-state index contributed by atoms with van der Waals surface area (Å²) in [6, 6.07) is 1.94. The van der Waals surface area contributed by atoms with E-state index < -0.39 is 11.5 Å². The van der Waals surface area contributed by atoms with E-state index >= 15 is 0 Å². The van der Waals surface area contributed by atoms with Gasteiger partial charge in [-0.05, 0) is 39.8 Å². The Morgan fingerprint density at radius 1 is 1.69 bits per heavy atom. The Balaban J connectivity index is 2.46. The fourth-order valence-electron chi connectivity index (χ4n) is 1.55. The molecule has 0 saturated carbocycles. The monoisotopic (exact) mass is 225 g/mol. The second-order valence-corrected chi connectivity index (χ2v) is 4.19. The van der Waals surface area contributed by atoms with E-state index in [-0.39, 0.29) is 0 Å². The van der Waals surface area contributed by atoms with Crippen LogP contribution >= 0.6 is 0 Å². The third-order valence-corrected chi connectivity index (χ3v) is 3.00. The summed E-state index contributed by atoms with van der Waals surface area (Å²) in [7, 11) is 1.67. The van der Waals surface area contributed by atoms with Crippen molar-refractivity contribution in [3.05, 3.63) is 18.0 Å². The summed E-state index contributed by atoms with van der Waals surface area (Å²) in [5.74, 6) is -0.813. The molecule has 5 nitrogen and oxygen atoms in total. The van der Waals surface area contributed by atoms with Crippen molar-refractivity contribution >= 4 is 5.97 Å². The van der Waals surface area contributed by atoms with E-state index in [1.54, 1.807) is 20.2 Å². The average Bonchev–Trinajstić information content (AvgIpc) is 2.64. The molecule has 0 aromatic carbocycles. The van der Waals surface area contributed by atoms with E-state index in [9.17, 15) is 4.79 Å². The van der Waals surface area contributed by atoms with Gasteiger partial charge in [-0.3, -0.25) is 9.48 Å². The first-order valence-corrected chi connectivity index (χ1v) is 5.40. The van der Waals surface area contributed by atoms with Gasteiger partial charge in [0, 0.05) is 18.4 Å². The van der Waals surface area contributed by atoms with Crippen LogP contribution in [-0.2, 0) is 11.3 Å². The molecule has 0 fully saturated rings. The summed E-state index contributed by atoms with van der Waals surface area (Å²) < 4.78 is 1.89. The van der Waals surface area contributed by atoms with Crippen molar-refractivity contribution in [1.82, 2.24) is 15.1 Å². The van der Waals surface area contributed by atoms with Gasteiger partial charge in [-0.1, -0.05) is 0 Å². The van der Waals surface area contributed by atoms with Crippen LogP contribution in [0.25, 0.3) is 0 Å². The lowest BCUT2D eigenvalue weighted by Gasteiger charge is -2.23. The minimum Gasteiger partial charge on any atom is -0.480 e. The second kappa shape index (κ2) is 5.12. The van der Waals surface area contributed by atoms with Gasteiger partial charge < -0.3 is 10.4 Å². The summed E-state index contributed by atoms with van der Waals surface area (Å²) in [5.41, 5.74) is 0.252. The number of aryl methyl sites for hydroxylation is 2. The number of hydrogen-bond acceptors (Lipinski definition) is 3. The molecule has 1 aromatic heterocycles. The van der Waals surface area contributed by atoms with E-state index in [2.05, 4.69) is 10.4 Å². The van der Waals surface area contributed by atoms with Gasteiger partial charge in [-0.25, -0.2) is 0 Å². The zero-order valence-electron chi connectivity index (χ0n) is 10.0. The normalized spacial score (nSPS) is 14.7. The Labute approximate surface area is 95.5 Å². The molecule has 2 N–H and O–H groups in total. The Hall–Kier alpha value is -1.36. The summed E-state index contributed by atoms with van der Waals surface area (Å²) >= 11 is 0. The molecule has 0 aliphatic heterocycles. The zero-order valence-corrected chi connectivity index (χ0v) is 10.0. The molecule has 16 heavy (non-hydrogen) atoms. The molecule has 0 aliphatic rings. The summed E-state index contributed by atoms with van der Waals surface area (Å²) in [6.45, 7) is 4.44. The quantitative estimate of drug-likeness (QED) is 0.759. The molecule has 0 spiro atoms. The molecule has 1 atom stereocenters. The standard InChI is InChI=1S/C11H19N3O2/c1-9-5-7-13-14(9)8-4-6-11(2,12-3)10(15)16/h5,7,12H,4,6,8H2,1-3H3,(H,15,16). The van der Waals surface area contributed by atoms with Gasteiger partial charge in [0.2, 0.25) is 0 Å². The number of rotatable bonds is 6. The number of carboxylic acids is 1. The maximum absolute atomic E-state index is 11.0. The molecular formula is C11H19N3O2. The molecule has 0 bridgehead atoms. The number of likely N-dealkylation sites (N-methyl/N-ethyl adjacent to an activating group) is 1. The van der Waals surface area contributed by atoms with Crippen molar-refractivity contribution in [1.29, 1.82) is 0 Å². The third-order valence-electron chi connectivity index (χ3n) is 3.00. The van der Waals surface area contributed by atoms with Crippen LogP contribution in [0.15, 0.2) is 12.3 Å². The minimum atomic E-state index is -0.846. The van der Waals surface area contributed by atoms with Crippen molar-refractivity contribution < 1.29 is 9.90 Å². The summed E-state index contributed by atoms with van der Waals surface area (Å²) in [6.07, 6.45) is 3.12. The largest absolute Gasteiger partial charge is 0.480 e. The average molecular weight is 225 g/mol. The van der Waals surface area contributed by atoms with Crippen molar-refractivity contribution in [2.75, 3.05) is 7.05 Å². The highest BCUT2D eigenvalue weighted by Gasteiger charge is 2.30. The number of hydrogen-bond donors (Lipinski definition) is 2. The van der Waals surface area contributed by atoms with Gasteiger partial charge in [0.25, 0.3) is 0 Å². The van der Waals surface area contributed by atoms with Gasteiger partial charge in [0.05, 0.1) is 0 Å². The first-order chi connectivity index (χ1) is 7.49. The predicted octanol–water partition coefficient (Wildman–Crippen LogP) is 1.03. The van der Waals surface area contributed by atoms with E-state index in [0.29, 0.717) is 6.42 Å². The van der Waals surface area contributed by atoms with Crippen LogP contribution < -0.4 is 5.32 Å². The van der Waals surface area contributed by atoms with Crippen LogP contribution in [0.4, 0.5) is 0 Å². The van der Waals surface area contributed by atoms with Crippen LogP contribution in [0.3, 0.4) is 0 Å². The molecule has 0 radical (unpaired) electrons. The Kier molecular flexibility index (Phi) is 4.06. The molecule has 1 rings (SSSR count). The minimum absolute atomic E-state index is 0.581. The SMILES string of the molecule is CNC(C)(CCCn1nccc1C)C(=O)O. The van der Waals surface area contributed by atoms with Gasteiger partial charge in [0.1, 0.15) is 5.54 Å². The first-order valence-electron chi connectivity index (χ1n) is 5.40. The van der Waals surface area contributed by atoms with E-state index in [0.717, 1.165) is 18.7 Å². The number of carbonyl (C=O) groups is 1. The Morgan fingerprint density at radius 3 is 2.81 bits per heavy atom. The Bertz CT molecular complexity index is 362. The summed E-state index contributed by atoms with van der Waals surface area (Å²) in [4.78, 5) is 11.0. The lowest BCUT2D eigenvalue weighted by molar-refractivity contribution is -0.144. The van der Waals surface area contributed by atoms with Crippen LogP contribution in [0.2, 0.25) is 0 Å². The molecule has 0 aliphatic carbocycles. The molecule has 90 valence electrons. The van der Waals surface area contributed by atoms with E-state index in [4.69, 9.17) is 5.11 Å². The maximum atomic E-state index is 11.0. The van der Waals surface area contributed by atoms with Crippen molar-refractivity contribution in [3.8, 4) is 0 Å². The number of nitrogens with one attached hydrogen (secondary N) is 1. The smallest absolute Gasteiger partial charge is 0.323 e. The zero-order chi connectivity index (χ0) is 12.2. The van der Waals surface area contributed by atoms with Gasteiger partial charge in [-0.15, -0.1) is 0 Å². The molecular weight excluding hydrogens is 206 g/mol. The summed E-state index contributed by atoms with van der Waals surface area (Å²) in [5, 5.41) is 16.1. The van der Waals surface area contributed by atoms with Crippen molar-refractivity contribution in [3.63, 3.8) is 0 Å². The highest BCUT2D eigenvalue weighted by Crippen LogP contribution is 2.13. The van der Waals surface area contributed by atoms with E-state index in [1.165, 1.54) is 0 Å². The van der Waals surface area contributed by atoms with Gasteiger partial charge in [0.15, 0.2) is 0 Å². The van der Waals surface area contributed by atoms with Gasteiger partial charge >= 0.3 is 5.97 Å².